The van der Waals surface area contributed by atoms with Gasteiger partial charge >= 0.3 is 0 Å². The summed E-state index contributed by atoms with van der Waals surface area (Å²) >= 11 is 0. The Bertz CT molecular complexity index is 1240. The molecule has 3 aromatic carbocycles. The molecular formula is C28H34N4O5. The predicted octanol–water partition coefficient (Wildman–Crippen LogP) is 1.52. The summed E-state index contributed by atoms with van der Waals surface area (Å²) < 4.78 is 5.11. The third-order valence-corrected chi connectivity index (χ3v) is 6.01. The highest BCUT2D eigenvalue weighted by atomic mass is 16.5. The van der Waals surface area contributed by atoms with Crippen LogP contribution in [0.15, 0.2) is 66.7 Å². The Morgan fingerprint density at radius 3 is 2.32 bits per heavy atom. The van der Waals surface area contributed by atoms with Crippen LogP contribution < -0.4 is 26.4 Å². The van der Waals surface area contributed by atoms with Crippen LogP contribution in [0.2, 0.25) is 0 Å². The topological polar surface area (TPSA) is 143 Å². The van der Waals surface area contributed by atoms with Crippen molar-refractivity contribution < 1.29 is 24.2 Å². The van der Waals surface area contributed by atoms with Gasteiger partial charge in [0.25, 0.3) is 5.91 Å². The van der Waals surface area contributed by atoms with E-state index in [1.54, 1.807) is 38.1 Å². The summed E-state index contributed by atoms with van der Waals surface area (Å²) in [7, 11) is 1.53. The van der Waals surface area contributed by atoms with Gasteiger partial charge in [-0.3, -0.25) is 14.4 Å². The molecule has 0 bridgehead atoms. The second-order valence-corrected chi connectivity index (χ2v) is 9.35. The number of hydrogen-bond acceptors (Lipinski definition) is 6. The molecular weight excluding hydrogens is 472 g/mol. The minimum atomic E-state index is -1.32. The average molecular weight is 507 g/mol. The summed E-state index contributed by atoms with van der Waals surface area (Å²) in [5.74, 6) is -0.832. The fourth-order valence-corrected chi connectivity index (χ4v) is 3.73. The van der Waals surface area contributed by atoms with Crippen LogP contribution in [0.3, 0.4) is 0 Å². The van der Waals surface area contributed by atoms with Crippen molar-refractivity contribution in [1.29, 1.82) is 0 Å². The fourth-order valence-electron chi connectivity index (χ4n) is 3.73. The van der Waals surface area contributed by atoms with Crippen LogP contribution in [-0.4, -0.2) is 60.7 Å². The lowest BCUT2D eigenvalue weighted by atomic mass is 9.98. The van der Waals surface area contributed by atoms with Gasteiger partial charge in [0.1, 0.15) is 17.3 Å². The van der Waals surface area contributed by atoms with E-state index >= 15 is 0 Å². The van der Waals surface area contributed by atoms with Crippen LogP contribution in [0, 0.1) is 0 Å². The molecule has 0 radical (unpaired) electrons. The monoisotopic (exact) mass is 506 g/mol. The molecule has 3 rings (SSSR count). The number of aliphatic hydroxyl groups is 1. The van der Waals surface area contributed by atoms with Crippen molar-refractivity contribution in [2.75, 3.05) is 20.2 Å². The molecule has 0 aliphatic carbocycles. The van der Waals surface area contributed by atoms with Gasteiger partial charge in [-0.25, -0.2) is 0 Å². The Morgan fingerprint density at radius 2 is 1.68 bits per heavy atom. The average Bonchev–Trinajstić information content (AvgIpc) is 2.90. The highest BCUT2D eigenvalue weighted by Crippen LogP contribution is 2.17. The number of aliphatic hydroxyl groups excluding tert-OH is 1. The van der Waals surface area contributed by atoms with E-state index in [2.05, 4.69) is 16.0 Å². The number of fused-ring (bicyclic) bond motifs is 1. The summed E-state index contributed by atoms with van der Waals surface area (Å²) in [5.41, 5.74) is 5.33. The highest BCUT2D eigenvalue weighted by molar-refractivity contribution is 6.00. The number of methoxy groups -OCH3 is 1. The van der Waals surface area contributed by atoms with Gasteiger partial charge in [-0.15, -0.1) is 0 Å². The molecule has 6 N–H and O–H groups in total. The third kappa shape index (κ3) is 7.52. The predicted molar refractivity (Wildman–Crippen MR) is 142 cm³/mol. The van der Waals surface area contributed by atoms with Gasteiger partial charge in [-0.05, 0) is 54.4 Å². The first-order valence-electron chi connectivity index (χ1n) is 12.0. The van der Waals surface area contributed by atoms with Crippen molar-refractivity contribution in [3.63, 3.8) is 0 Å². The van der Waals surface area contributed by atoms with E-state index < -0.39 is 35.4 Å². The zero-order chi connectivity index (χ0) is 27.0. The van der Waals surface area contributed by atoms with Crippen LogP contribution in [0.1, 0.15) is 29.8 Å². The van der Waals surface area contributed by atoms with Crippen molar-refractivity contribution in [2.45, 2.75) is 38.0 Å². The Labute approximate surface area is 216 Å². The van der Waals surface area contributed by atoms with Crippen molar-refractivity contribution in [3.05, 3.63) is 77.9 Å². The molecule has 3 amide bonds. The van der Waals surface area contributed by atoms with E-state index in [0.717, 1.165) is 16.3 Å². The standard InChI is InChI=1S/C28H34N4O5/c1-28(2,32-25(34)20-10-12-23(37-3)13-11-20)27(36)31-24(26(35)30-17-22(33)16-29)15-18-8-9-19-6-4-5-7-21(19)14-18/h4-14,22,24,33H,15-17,29H2,1-3H3,(H,30,35)(H,31,36)(H,32,34)/t22?,24-/m1/s1. The number of hydrogen-bond donors (Lipinski definition) is 5. The third-order valence-electron chi connectivity index (χ3n) is 6.01. The molecule has 196 valence electrons. The molecule has 9 heteroatoms. The van der Waals surface area contributed by atoms with Crippen LogP contribution in [0.25, 0.3) is 10.8 Å². The molecule has 3 aromatic rings. The first-order chi connectivity index (χ1) is 17.6. The second-order valence-electron chi connectivity index (χ2n) is 9.35. The van der Waals surface area contributed by atoms with Gasteiger partial charge in [-0.2, -0.15) is 0 Å². The smallest absolute Gasteiger partial charge is 0.252 e. The maximum Gasteiger partial charge on any atom is 0.252 e. The Morgan fingerprint density at radius 1 is 1.00 bits per heavy atom. The number of ether oxygens (including phenoxy) is 1. The first-order valence-corrected chi connectivity index (χ1v) is 12.0. The van der Waals surface area contributed by atoms with Gasteiger partial charge in [0.2, 0.25) is 11.8 Å². The summed E-state index contributed by atoms with van der Waals surface area (Å²) in [6.07, 6.45) is -0.690. The lowest BCUT2D eigenvalue weighted by Gasteiger charge is -2.28. The molecule has 37 heavy (non-hydrogen) atoms. The van der Waals surface area contributed by atoms with Crippen LogP contribution >= 0.6 is 0 Å². The van der Waals surface area contributed by atoms with Gasteiger partial charge in [0, 0.05) is 25.1 Å². The molecule has 0 aliphatic rings. The van der Waals surface area contributed by atoms with Crippen molar-refractivity contribution in [2.24, 2.45) is 5.73 Å². The highest BCUT2D eigenvalue weighted by Gasteiger charge is 2.33. The maximum absolute atomic E-state index is 13.2. The molecule has 2 atom stereocenters. The fraction of sp³-hybridized carbons (Fsp3) is 0.321. The normalized spacial score (nSPS) is 12.9. The summed E-state index contributed by atoms with van der Waals surface area (Å²) in [4.78, 5) is 39.0. The quantitative estimate of drug-likeness (QED) is 0.267. The second kappa shape index (κ2) is 12.3. The van der Waals surface area contributed by atoms with E-state index in [1.807, 2.05) is 42.5 Å². The Kier molecular flexibility index (Phi) is 9.21. The summed E-state index contributed by atoms with van der Waals surface area (Å²) in [6.45, 7) is 3.07. The van der Waals surface area contributed by atoms with Crippen LogP contribution in [-0.2, 0) is 16.0 Å². The van der Waals surface area contributed by atoms with Gasteiger partial charge < -0.3 is 31.5 Å². The molecule has 0 fully saturated rings. The minimum absolute atomic E-state index is 0.00754. The van der Waals surface area contributed by atoms with Gasteiger partial charge in [-0.1, -0.05) is 42.5 Å². The summed E-state index contributed by atoms with van der Waals surface area (Å²) in [6, 6.07) is 19.2. The zero-order valence-electron chi connectivity index (χ0n) is 21.3. The number of benzene rings is 3. The van der Waals surface area contributed by atoms with Gasteiger partial charge in [0.05, 0.1) is 13.2 Å². The molecule has 0 saturated carbocycles. The number of nitrogens with two attached hydrogens (primary N) is 1. The number of amides is 3. The van der Waals surface area contributed by atoms with E-state index in [4.69, 9.17) is 10.5 Å². The SMILES string of the molecule is COc1ccc(C(=O)NC(C)(C)C(=O)N[C@H](Cc2ccc3ccccc3c2)C(=O)NCC(O)CN)cc1. The maximum atomic E-state index is 13.2. The Hall–Kier alpha value is -3.95. The lowest BCUT2D eigenvalue weighted by Crippen LogP contribution is -2.59. The van der Waals surface area contributed by atoms with E-state index in [0.29, 0.717) is 11.3 Å². The van der Waals surface area contributed by atoms with E-state index in [9.17, 15) is 19.5 Å². The molecule has 1 unspecified atom stereocenters. The number of carbonyl (C=O) groups excluding carboxylic acids is 3. The number of carbonyl (C=O) groups is 3. The number of rotatable bonds is 11. The Balaban J connectivity index is 1.75. The van der Waals surface area contributed by atoms with Crippen molar-refractivity contribution in [1.82, 2.24) is 16.0 Å². The van der Waals surface area contributed by atoms with Crippen LogP contribution in [0.4, 0.5) is 0 Å². The minimum Gasteiger partial charge on any atom is -0.497 e. The van der Waals surface area contributed by atoms with Crippen molar-refractivity contribution in [3.8, 4) is 5.75 Å². The molecule has 0 saturated heterocycles. The largest absolute Gasteiger partial charge is 0.497 e. The molecule has 9 nitrogen and oxygen atoms in total. The molecule has 0 heterocycles. The molecule has 0 aromatic heterocycles. The lowest BCUT2D eigenvalue weighted by molar-refractivity contribution is -0.132. The van der Waals surface area contributed by atoms with Crippen molar-refractivity contribution >= 4 is 28.5 Å². The molecule has 0 aliphatic heterocycles. The van der Waals surface area contributed by atoms with E-state index in [1.165, 1.54) is 7.11 Å². The number of nitrogens with one attached hydrogen (secondary N) is 3. The van der Waals surface area contributed by atoms with E-state index in [-0.39, 0.29) is 19.5 Å². The summed E-state index contributed by atoms with van der Waals surface area (Å²) in [5, 5.41) is 20.0. The first kappa shape index (κ1) is 27.6. The zero-order valence-corrected chi connectivity index (χ0v) is 21.3. The van der Waals surface area contributed by atoms with Crippen LogP contribution in [0.5, 0.6) is 5.75 Å². The molecule has 0 spiro atoms. The van der Waals surface area contributed by atoms with Gasteiger partial charge in [0.15, 0.2) is 0 Å².